The van der Waals surface area contributed by atoms with Gasteiger partial charge in [0.15, 0.2) is 0 Å². The van der Waals surface area contributed by atoms with Crippen molar-refractivity contribution in [3.63, 3.8) is 0 Å². The van der Waals surface area contributed by atoms with Gasteiger partial charge in [-0.1, -0.05) is 39.0 Å². The van der Waals surface area contributed by atoms with E-state index in [4.69, 9.17) is 5.73 Å². The molecule has 3 heteroatoms. The number of carbonyl (C=O) groups is 1. The summed E-state index contributed by atoms with van der Waals surface area (Å²) in [6.07, 6.45) is 9.20. The fraction of sp³-hybridized carbons (Fsp3) is 0.923. The van der Waals surface area contributed by atoms with Gasteiger partial charge >= 0.3 is 0 Å². The van der Waals surface area contributed by atoms with E-state index >= 15 is 0 Å². The molecule has 1 saturated carbocycles. The molecule has 0 radical (unpaired) electrons. The van der Waals surface area contributed by atoms with Crippen molar-refractivity contribution in [2.24, 2.45) is 11.7 Å². The molecule has 0 aromatic carbocycles. The number of nitrogens with one attached hydrogen (secondary N) is 1. The average molecular weight is 226 g/mol. The summed E-state index contributed by atoms with van der Waals surface area (Å²) in [5, 5.41) is 3.10. The molecule has 1 unspecified atom stereocenters. The molecule has 1 amide bonds. The van der Waals surface area contributed by atoms with Gasteiger partial charge in [0.05, 0.1) is 0 Å². The Balaban J connectivity index is 2.36. The lowest BCUT2D eigenvalue weighted by molar-refractivity contribution is -0.126. The largest absolute Gasteiger partial charge is 0.352 e. The first-order valence-electron chi connectivity index (χ1n) is 6.78. The minimum absolute atomic E-state index is 0.181. The molecule has 1 aliphatic rings. The summed E-state index contributed by atoms with van der Waals surface area (Å²) >= 11 is 0. The molecular weight excluding hydrogens is 200 g/mol. The molecular formula is C13H26N2O. The van der Waals surface area contributed by atoms with E-state index in [1.807, 2.05) is 0 Å². The van der Waals surface area contributed by atoms with E-state index in [-0.39, 0.29) is 17.9 Å². The van der Waals surface area contributed by atoms with Crippen LogP contribution in [0.2, 0.25) is 0 Å². The zero-order valence-electron chi connectivity index (χ0n) is 10.5. The Hall–Kier alpha value is -0.570. The first kappa shape index (κ1) is 13.5. The molecule has 16 heavy (non-hydrogen) atoms. The highest BCUT2D eigenvalue weighted by molar-refractivity contribution is 5.78. The van der Waals surface area contributed by atoms with Crippen molar-refractivity contribution in [1.82, 2.24) is 5.32 Å². The fourth-order valence-corrected chi connectivity index (χ4v) is 2.46. The zero-order valence-corrected chi connectivity index (χ0v) is 10.5. The Bertz CT molecular complexity index is 198. The fourth-order valence-electron chi connectivity index (χ4n) is 2.46. The molecule has 1 atom stereocenters. The van der Waals surface area contributed by atoms with E-state index in [0.717, 1.165) is 25.7 Å². The Labute approximate surface area is 99.2 Å². The normalized spacial score (nSPS) is 20.1. The maximum atomic E-state index is 12.0. The maximum Gasteiger partial charge on any atom is 0.223 e. The van der Waals surface area contributed by atoms with Crippen molar-refractivity contribution in [2.75, 3.05) is 6.54 Å². The standard InChI is InChI=1S/C13H26N2O/c1-2-7-12(10-14)15-13(16)11-8-5-3-4-6-9-11/h11-12H,2-10,14H2,1H3,(H,15,16). The van der Waals surface area contributed by atoms with E-state index in [9.17, 15) is 4.79 Å². The summed E-state index contributed by atoms with van der Waals surface area (Å²) in [6, 6.07) is 0.181. The quantitative estimate of drug-likeness (QED) is 0.706. The minimum Gasteiger partial charge on any atom is -0.352 e. The van der Waals surface area contributed by atoms with Crippen molar-refractivity contribution in [2.45, 2.75) is 64.3 Å². The van der Waals surface area contributed by atoms with Crippen molar-refractivity contribution >= 4 is 5.91 Å². The molecule has 1 rings (SSSR count). The van der Waals surface area contributed by atoms with Crippen molar-refractivity contribution in [3.8, 4) is 0 Å². The van der Waals surface area contributed by atoms with Gasteiger partial charge in [-0.3, -0.25) is 4.79 Å². The monoisotopic (exact) mass is 226 g/mol. The van der Waals surface area contributed by atoms with Crippen molar-refractivity contribution in [3.05, 3.63) is 0 Å². The molecule has 0 saturated heterocycles. The lowest BCUT2D eigenvalue weighted by Gasteiger charge is -2.20. The van der Waals surface area contributed by atoms with Gasteiger partial charge in [-0.2, -0.15) is 0 Å². The van der Waals surface area contributed by atoms with Crippen LogP contribution >= 0.6 is 0 Å². The number of carbonyl (C=O) groups excluding carboxylic acids is 1. The summed E-state index contributed by atoms with van der Waals surface area (Å²) in [4.78, 5) is 12.0. The van der Waals surface area contributed by atoms with Crippen LogP contribution in [0.3, 0.4) is 0 Å². The van der Waals surface area contributed by atoms with Gasteiger partial charge < -0.3 is 11.1 Å². The molecule has 1 fully saturated rings. The molecule has 94 valence electrons. The summed E-state index contributed by atoms with van der Waals surface area (Å²) in [7, 11) is 0. The molecule has 0 spiro atoms. The van der Waals surface area contributed by atoms with Crippen LogP contribution in [-0.2, 0) is 4.79 Å². The number of hydrogen-bond acceptors (Lipinski definition) is 2. The van der Waals surface area contributed by atoms with E-state index in [1.54, 1.807) is 0 Å². The van der Waals surface area contributed by atoms with Crippen LogP contribution in [0.1, 0.15) is 58.3 Å². The second kappa shape index (κ2) is 7.66. The zero-order chi connectivity index (χ0) is 11.8. The van der Waals surface area contributed by atoms with Crippen LogP contribution < -0.4 is 11.1 Å². The Kier molecular flexibility index (Phi) is 6.46. The van der Waals surface area contributed by atoms with Gasteiger partial charge in [0, 0.05) is 18.5 Å². The van der Waals surface area contributed by atoms with Crippen LogP contribution in [0.15, 0.2) is 0 Å². The molecule has 0 heterocycles. The second-order valence-corrected chi connectivity index (χ2v) is 4.92. The highest BCUT2D eigenvalue weighted by atomic mass is 16.1. The Morgan fingerprint density at radius 2 is 1.94 bits per heavy atom. The molecule has 0 aliphatic heterocycles. The van der Waals surface area contributed by atoms with E-state index in [1.165, 1.54) is 25.7 Å². The number of rotatable bonds is 5. The predicted octanol–water partition coefficient (Wildman–Crippen LogP) is 2.20. The first-order chi connectivity index (χ1) is 7.77. The van der Waals surface area contributed by atoms with Crippen LogP contribution in [0.4, 0.5) is 0 Å². The van der Waals surface area contributed by atoms with Gasteiger partial charge in [-0.05, 0) is 19.3 Å². The highest BCUT2D eigenvalue weighted by Crippen LogP contribution is 2.23. The number of nitrogens with two attached hydrogens (primary N) is 1. The van der Waals surface area contributed by atoms with Crippen molar-refractivity contribution in [1.29, 1.82) is 0 Å². The Morgan fingerprint density at radius 3 is 2.44 bits per heavy atom. The topological polar surface area (TPSA) is 55.1 Å². The third kappa shape index (κ3) is 4.52. The molecule has 3 nitrogen and oxygen atoms in total. The smallest absolute Gasteiger partial charge is 0.223 e. The van der Waals surface area contributed by atoms with Gasteiger partial charge in [0.2, 0.25) is 5.91 Å². The number of amides is 1. The lowest BCUT2D eigenvalue weighted by Crippen LogP contribution is -2.43. The van der Waals surface area contributed by atoms with Crippen LogP contribution in [-0.4, -0.2) is 18.5 Å². The van der Waals surface area contributed by atoms with Gasteiger partial charge in [-0.15, -0.1) is 0 Å². The Morgan fingerprint density at radius 1 is 1.31 bits per heavy atom. The molecule has 3 N–H and O–H groups in total. The van der Waals surface area contributed by atoms with Gasteiger partial charge in [0.25, 0.3) is 0 Å². The number of hydrogen-bond donors (Lipinski definition) is 2. The third-order valence-corrected chi connectivity index (χ3v) is 3.49. The van der Waals surface area contributed by atoms with Crippen LogP contribution in [0, 0.1) is 5.92 Å². The van der Waals surface area contributed by atoms with Gasteiger partial charge in [-0.25, -0.2) is 0 Å². The lowest BCUT2D eigenvalue weighted by atomic mass is 9.98. The minimum atomic E-state index is 0.181. The van der Waals surface area contributed by atoms with Crippen LogP contribution in [0.5, 0.6) is 0 Å². The summed E-state index contributed by atoms with van der Waals surface area (Å²) < 4.78 is 0. The average Bonchev–Trinajstić information content (AvgIpc) is 2.56. The summed E-state index contributed by atoms with van der Waals surface area (Å²) in [5.74, 6) is 0.485. The summed E-state index contributed by atoms with van der Waals surface area (Å²) in [6.45, 7) is 2.69. The molecule has 0 aromatic rings. The van der Waals surface area contributed by atoms with Crippen molar-refractivity contribution < 1.29 is 4.79 Å². The molecule has 1 aliphatic carbocycles. The molecule has 0 aromatic heterocycles. The highest BCUT2D eigenvalue weighted by Gasteiger charge is 2.21. The van der Waals surface area contributed by atoms with E-state index in [0.29, 0.717) is 6.54 Å². The van der Waals surface area contributed by atoms with E-state index < -0.39 is 0 Å². The predicted molar refractivity (Wildman–Crippen MR) is 67.1 cm³/mol. The van der Waals surface area contributed by atoms with E-state index in [2.05, 4.69) is 12.2 Å². The molecule has 0 bridgehead atoms. The summed E-state index contributed by atoms with van der Waals surface area (Å²) in [5.41, 5.74) is 5.65. The van der Waals surface area contributed by atoms with Gasteiger partial charge in [0.1, 0.15) is 0 Å². The third-order valence-electron chi connectivity index (χ3n) is 3.49. The SMILES string of the molecule is CCCC(CN)NC(=O)C1CCCCCC1. The van der Waals surface area contributed by atoms with Crippen LogP contribution in [0.25, 0.3) is 0 Å². The first-order valence-corrected chi connectivity index (χ1v) is 6.78. The maximum absolute atomic E-state index is 12.0. The second-order valence-electron chi connectivity index (χ2n) is 4.92.